The molecule has 0 aromatic carbocycles. The van der Waals surface area contributed by atoms with Crippen LogP contribution in [-0.2, 0) is 28.6 Å². The predicted molar refractivity (Wildman–Crippen MR) is 330 cm³/mol. The molecule has 0 N–H and O–H groups in total. The first-order valence-electron chi connectivity index (χ1n) is 31.9. The van der Waals surface area contributed by atoms with Crippen molar-refractivity contribution >= 4 is 17.9 Å². The van der Waals surface area contributed by atoms with Crippen LogP contribution < -0.4 is 0 Å². The molecule has 0 aliphatic rings. The third-order valence-electron chi connectivity index (χ3n) is 13.5. The van der Waals surface area contributed by atoms with Crippen molar-refractivity contribution in [3.63, 3.8) is 0 Å². The van der Waals surface area contributed by atoms with Crippen LogP contribution in [0.25, 0.3) is 0 Å². The van der Waals surface area contributed by atoms with Crippen molar-refractivity contribution in [3.8, 4) is 0 Å². The first-order chi connectivity index (χ1) is 37.5. The highest BCUT2D eigenvalue weighted by molar-refractivity contribution is 5.71. The lowest BCUT2D eigenvalue weighted by Crippen LogP contribution is -2.30. The second-order valence-electron chi connectivity index (χ2n) is 20.9. The van der Waals surface area contributed by atoms with Gasteiger partial charge in [0, 0.05) is 19.3 Å². The summed E-state index contributed by atoms with van der Waals surface area (Å²) in [5, 5.41) is 0. The summed E-state index contributed by atoms with van der Waals surface area (Å²) in [5.41, 5.74) is 0. The maximum atomic E-state index is 12.9. The molecule has 6 heteroatoms. The third-order valence-corrected chi connectivity index (χ3v) is 13.5. The second-order valence-corrected chi connectivity index (χ2v) is 20.9. The van der Waals surface area contributed by atoms with Crippen molar-refractivity contribution in [2.75, 3.05) is 13.2 Å². The summed E-state index contributed by atoms with van der Waals surface area (Å²) in [6.07, 6.45) is 86.6. The van der Waals surface area contributed by atoms with Crippen LogP contribution in [0.5, 0.6) is 0 Å². The minimum absolute atomic E-state index is 0.0838. The number of hydrogen-bond acceptors (Lipinski definition) is 6. The van der Waals surface area contributed by atoms with Crippen molar-refractivity contribution in [1.82, 2.24) is 0 Å². The van der Waals surface area contributed by atoms with Crippen molar-refractivity contribution in [2.45, 2.75) is 303 Å². The predicted octanol–water partition coefficient (Wildman–Crippen LogP) is 21.8. The quantitative estimate of drug-likeness (QED) is 0.0261. The van der Waals surface area contributed by atoms with E-state index in [9.17, 15) is 14.4 Å². The Hall–Kier alpha value is -3.93. The van der Waals surface area contributed by atoms with E-state index in [1.54, 1.807) is 0 Å². The number of esters is 3. The van der Waals surface area contributed by atoms with Gasteiger partial charge in [0.25, 0.3) is 0 Å². The summed E-state index contributed by atoms with van der Waals surface area (Å²) < 4.78 is 16.9. The van der Waals surface area contributed by atoms with Gasteiger partial charge in [0.1, 0.15) is 13.2 Å². The molecule has 1 unspecified atom stereocenters. The van der Waals surface area contributed by atoms with Gasteiger partial charge in [0.15, 0.2) is 6.10 Å². The van der Waals surface area contributed by atoms with Crippen LogP contribution in [0.1, 0.15) is 297 Å². The van der Waals surface area contributed by atoms with Crippen LogP contribution in [0.15, 0.2) is 109 Å². The summed E-state index contributed by atoms with van der Waals surface area (Å²) in [5.74, 6) is -0.901. The van der Waals surface area contributed by atoms with Gasteiger partial charge in [-0.1, -0.05) is 278 Å². The molecule has 0 aromatic rings. The Bertz CT molecular complexity index is 1540. The molecule has 0 spiro atoms. The van der Waals surface area contributed by atoms with E-state index in [4.69, 9.17) is 14.2 Å². The molecule has 0 rings (SSSR count). The Labute approximate surface area is 470 Å². The van der Waals surface area contributed by atoms with Gasteiger partial charge >= 0.3 is 17.9 Å². The van der Waals surface area contributed by atoms with Crippen LogP contribution >= 0.6 is 0 Å². The normalized spacial score (nSPS) is 12.8. The zero-order valence-corrected chi connectivity index (χ0v) is 49.7. The minimum Gasteiger partial charge on any atom is -0.462 e. The molecule has 0 amide bonds. The highest BCUT2D eigenvalue weighted by Gasteiger charge is 2.19. The van der Waals surface area contributed by atoms with Gasteiger partial charge in [0.05, 0.1) is 0 Å². The lowest BCUT2D eigenvalue weighted by Gasteiger charge is -2.18. The molecule has 0 aromatic heterocycles. The van der Waals surface area contributed by atoms with Crippen molar-refractivity contribution in [3.05, 3.63) is 109 Å². The molecule has 0 bridgehead atoms. The van der Waals surface area contributed by atoms with E-state index in [0.29, 0.717) is 19.3 Å². The summed E-state index contributed by atoms with van der Waals surface area (Å²) in [4.78, 5) is 38.2. The Balaban J connectivity index is 4.30. The lowest BCUT2D eigenvalue weighted by molar-refractivity contribution is -0.167. The number of rotatable bonds is 57. The molecule has 0 heterocycles. The number of carbonyl (C=O) groups excluding carboxylic acids is 3. The molecule has 0 aliphatic carbocycles. The standard InChI is InChI=1S/C70H118O6/c1-4-7-10-13-16-19-22-25-27-28-29-30-31-32-33-34-35-36-37-38-39-40-41-42-43-46-48-51-54-57-60-63-69(72)75-66-67(65-74-68(71)62-59-56-53-50-47-44-24-21-18-15-12-9-6-3)76-70(73)64-61-58-55-52-49-45-26-23-20-17-14-11-8-5-2/h7,10,16,19,23,25-27,29-30,32-33,35-36,38-39,41-42,67H,4-6,8-9,11-15,17-18,20-22,24,28,31,34,37,40,43-66H2,1-3H3/b10-7-,19-16-,26-23-,27-25-,30-29-,33-32-,36-35-,39-38-,42-41-. The fourth-order valence-electron chi connectivity index (χ4n) is 8.75. The second kappa shape index (κ2) is 63.6. The van der Waals surface area contributed by atoms with E-state index in [-0.39, 0.29) is 31.1 Å². The Kier molecular flexibility index (Phi) is 60.3. The van der Waals surface area contributed by atoms with Gasteiger partial charge < -0.3 is 14.2 Å². The van der Waals surface area contributed by atoms with E-state index >= 15 is 0 Å². The van der Waals surface area contributed by atoms with Crippen LogP contribution in [-0.4, -0.2) is 37.2 Å². The van der Waals surface area contributed by atoms with Gasteiger partial charge in [0.2, 0.25) is 0 Å². The molecule has 434 valence electrons. The molecule has 0 fully saturated rings. The Morgan fingerprint density at radius 1 is 0.276 bits per heavy atom. The maximum Gasteiger partial charge on any atom is 0.306 e. The van der Waals surface area contributed by atoms with Gasteiger partial charge in [-0.15, -0.1) is 0 Å². The molecule has 76 heavy (non-hydrogen) atoms. The zero-order valence-electron chi connectivity index (χ0n) is 49.7. The summed E-state index contributed by atoms with van der Waals surface area (Å²) in [6.45, 7) is 6.51. The number of allylic oxidation sites excluding steroid dienone is 18. The molecule has 0 aliphatic heterocycles. The van der Waals surface area contributed by atoms with Gasteiger partial charge in [-0.2, -0.15) is 0 Å². The smallest absolute Gasteiger partial charge is 0.306 e. The van der Waals surface area contributed by atoms with E-state index < -0.39 is 6.10 Å². The number of hydrogen-bond donors (Lipinski definition) is 0. The molecular weight excluding hydrogens is 937 g/mol. The summed E-state index contributed by atoms with van der Waals surface area (Å²) >= 11 is 0. The van der Waals surface area contributed by atoms with Crippen molar-refractivity contribution < 1.29 is 28.6 Å². The summed E-state index contributed by atoms with van der Waals surface area (Å²) in [7, 11) is 0. The maximum absolute atomic E-state index is 12.9. The number of carbonyl (C=O) groups is 3. The fourth-order valence-corrected chi connectivity index (χ4v) is 8.75. The average molecular weight is 1060 g/mol. The molecule has 0 saturated heterocycles. The third kappa shape index (κ3) is 60.9. The van der Waals surface area contributed by atoms with E-state index in [2.05, 4.69) is 130 Å². The average Bonchev–Trinajstić information content (AvgIpc) is 3.42. The first-order valence-corrected chi connectivity index (χ1v) is 31.9. The van der Waals surface area contributed by atoms with E-state index in [1.165, 1.54) is 122 Å². The molecule has 0 radical (unpaired) electrons. The summed E-state index contributed by atoms with van der Waals surface area (Å²) in [6, 6.07) is 0. The van der Waals surface area contributed by atoms with Gasteiger partial charge in [-0.05, 0) is 109 Å². The van der Waals surface area contributed by atoms with E-state index in [1.807, 2.05) is 0 Å². The number of ether oxygens (including phenoxy) is 3. The lowest BCUT2D eigenvalue weighted by atomic mass is 10.0. The molecular formula is C70H118O6. The zero-order chi connectivity index (χ0) is 55.0. The van der Waals surface area contributed by atoms with Crippen LogP contribution in [0.3, 0.4) is 0 Å². The van der Waals surface area contributed by atoms with Crippen LogP contribution in [0, 0.1) is 0 Å². The molecule has 0 saturated carbocycles. The minimum atomic E-state index is -0.788. The highest BCUT2D eigenvalue weighted by Crippen LogP contribution is 2.16. The number of unbranched alkanes of at least 4 members (excludes halogenated alkanes) is 28. The first kappa shape index (κ1) is 72.1. The van der Waals surface area contributed by atoms with E-state index in [0.717, 1.165) is 135 Å². The molecule has 6 nitrogen and oxygen atoms in total. The molecule has 1 atom stereocenters. The monoisotopic (exact) mass is 1050 g/mol. The van der Waals surface area contributed by atoms with Crippen molar-refractivity contribution in [1.29, 1.82) is 0 Å². The SMILES string of the molecule is CC/C=C\C/C=C\C/C=C\C/C=C\C/C=C\C/C=C\C/C=C\C/C=C\CCCCCCCCC(=O)OCC(COC(=O)CCCCCCCCCCCCCCC)OC(=O)CCCCCCC/C=C\CCCCCCC. The Morgan fingerprint density at radius 2 is 0.513 bits per heavy atom. The van der Waals surface area contributed by atoms with Crippen molar-refractivity contribution in [2.24, 2.45) is 0 Å². The van der Waals surface area contributed by atoms with Crippen LogP contribution in [0.2, 0.25) is 0 Å². The highest BCUT2D eigenvalue weighted by atomic mass is 16.6. The largest absolute Gasteiger partial charge is 0.462 e. The Morgan fingerprint density at radius 3 is 0.816 bits per heavy atom. The topological polar surface area (TPSA) is 78.9 Å². The van der Waals surface area contributed by atoms with Gasteiger partial charge in [-0.25, -0.2) is 0 Å². The van der Waals surface area contributed by atoms with Crippen LogP contribution in [0.4, 0.5) is 0 Å². The fraction of sp³-hybridized carbons (Fsp3) is 0.700. The van der Waals surface area contributed by atoms with Gasteiger partial charge in [-0.3, -0.25) is 14.4 Å².